The number of nitrogens with one attached hydrogen (secondary N) is 1. The average molecular weight is 407 g/mol. The molecule has 0 aromatic rings. The van der Waals surface area contributed by atoms with Crippen molar-refractivity contribution in [2.24, 2.45) is 16.6 Å². The van der Waals surface area contributed by atoms with Crippen molar-refractivity contribution >= 4 is 39.8 Å². The molecule has 0 rings (SSSR count). The molecule has 0 amide bonds. The third kappa shape index (κ3) is 17.9. The molecule has 8 heteroatoms. The molecule has 0 spiro atoms. The van der Waals surface area contributed by atoms with E-state index < -0.39 is 9.84 Å². The lowest BCUT2D eigenvalue weighted by Crippen LogP contribution is -2.34. The highest BCUT2D eigenvalue weighted by Gasteiger charge is 2.01. The number of nitrogens with zero attached hydrogens (tertiary/aromatic N) is 1. The van der Waals surface area contributed by atoms with Crippen LogP contribution in [0.3, 0.4) is 0 Å². The number of nitrogens with two attached hydrogens (primary N) is 1. The molecule has 0 aliphatic heterocycles. The number of sulfone groups is 1. The first-order valence-corrected chi connectivity index (χ1v) is 8.16. The van der Waals surface area contributed by atoms with Gasteiger partial charge < -0.3 is 15.8 Å². The van der Waals surface area contributed by atoms with Crippen LogP contribution in [0.15, 0.2) is 4.99 Å². The Balaban J connectivity index is 0. The van der Waals surface area contributed by atoms with E-state index in [0.717, 1.165) is 6.42 Å². The summed E-state index contributed by atoms with van der Waals surface area (Å²) < 4.78 is 26.8. The summed E-state index contributed by atoms with van der Waals surface area (Å²) in [5.41, 5.74) is 5.63. The zero-order valence-corrected chi connectivity index (χ0v) is 15.0. The largest absolute Gasteiger partial charge is 0.379 e. The quantitative estimate of drug-likeness (QED) is 0.253. The zero-order chi connectivity index (χ0) is 14.0. The summed E-state index contributed by atoms with van der Waals surface area (Å²) in [6, 6.07) is 0. The summed E-state index contributed by atoms with van der Waals surface area (Å²) in [5.74, 6) is 1.06. The van der Waals surface area contributed by atoms with Gasteiger partial charge in [-0.2, -0.15) is 0 Å². The lowest BCUT2D eigenvalue weighted by atomic mass is 10.1. The predicted octanol–water partition coefficient (Wildman–Crippen LogP) is 0.616. The minimum Gasteiger partial charge on any atom is -0.379 e. The second kappa shape index (κ2) is 11.7. The lowest BCUT2D eigenvalue weighted by Gasteiger charge is -2.07. The van der Waals surface area contributed by atoms with Gasteiger partial charge >= 0.3 is 0 Å². The Kier molecular flexibility index (Phi) is 13.1. The Bertz CT molecular complexity index is 345. The number of hydrogen-bond donors (Lipinski definition) is 2. The SMILES string of the molecule is CC(C)CCN=C(N)NCCOCCS(C)(=O)=O.I. The Labute approximate surface area is 133 Å². The number of rotatable bonds is 9. The van der Waals surface area contributed by atoms with E-state index >= 15 is 0 Å². The Morgan fingerprint density at radius 1 is 1.37 bits per heavy atom. The van der Waals surface area contributed by atoms with E-state index in [4.69, 9.17) is 10.5 Å². The smallest absolute Gasteiger partial charge is 0.188 e. The van der Waals surface area contributed by atoms with Gasteiger partial charge in [0.05, 0.1) is 19.0 Å². The topological polar surface area (TPSA) is 93.8 Å². The summed E-state index contributed by atoms with van der Waals surface area (Å²) in [4.78, 5) is 4.15. The molecule has 0 aromatic carbocycles. The minimum atomic E-state index is -2.94. The third-order valence-electron chi connectivity index (χ3n) is 2.14. The molecule has 0 aromatic heterocycles. The lowest BCUT2D eigenvalue weighted by molar-refractivity contribution is 0.154. The van der Waals surface area contributed by atoms with Gasteiger partial charge in [0.2, 0.25) is 0 Å². The molecule has 19 heavy (non-hydrogen) atoms. The molecule has 0 aliphatic carbocycles. The summed E-state index contributed by atoms with van der Waals surface area (Å²) in [5, 5.41) is 2.91. The van der Waals surface area contributed by atoms with Crippen molar-refractivity contribution in [2.75, 3.05) is 38.3 Å². The summed E-state index contributed by atoms with van der Waals surface area (Å²) in [6.07, 6.45) is 2.20. The van der Waals surface area contributed by atoms with Crippen molar-refractivity contribution in [3.63, 3.8) is 0 Å². The Morgan fingerprint density at radius 2 is 2.00 bits per heavy atom. The number of halogens is 1. The van der Waals surface area contributed by atoms with E-state index in [1.54, 1.807) is 0 Å². The van der Waals surface area contributed by atoms with Gasteiger partial charge in [-0.3, -0.25) is 4.99 Å². The third-order valence-corrected chi connectivity index (χ3v) is 3.05. The minimum absolute atomic E-state index is 0. The van der Waals surface area contributed by atoms with Crippen LogP contribution in [-0.4, -0.2) is 52.7 Å². The van der Waals surface area contributed by atoms with Crippen molar-refractivity contribution in [3.8, 4) is 0 Å². The van der Waals surface area contributed by atoms with E-state index in [9.17, 15) is 8.42 Å². The fourth-order valence-corrected chi connectivity index (χ4v) is 1.48. The molecular formula is C11H26IN3O3S. The monoisotopic (exact) mass is 407 g/mol. The van der Waals surface area contributed by atoms with Crippen LogP contribution in [0.1, 0.15) is 20.3 Å². The van der Waals surface area contributed by atoms with Gasteiger partial charge in [0.25, 0.3) is 0 Å². The van der Waals surface area contributed by atoms with Gasteiger partial charge in [-0.15, -0.1) is 24.0 Å². The first kappa shape index (κ1) is 21.2. The standard InChI is InChI=1S/C11H25N3O3S.HI/c1-10(2)4-5-13-11(12)14-6-7-17-8-9-18(3,15)16;/h10H,4-9H2,1-3H3,(H3,12,13,14);1H. The first-order chi connectivity index (χ1) is 8.31. The molecule has 0 saturated carbocycles. The molecule has 0 atom stereocenters. The Morgan fingerprint density at radius 3 is 2.53 bits per heavy atom. The molecule has 0 radical (unpaired) electrons. The normalized spacial score (nSPS) is 12.3. The van der Waals surface area contributed by atoms with E-state index in [0.29, 0.717) is 31.6 Å². The van der Waals surface area contributed by atoms with Crippen LogP contribution in [0.2, 0.25) is 0 Å². The van der Waals surface area contributed by atoms with Crippen molar-refractivity contribution in [1.29, 1.82) is 0 Å². The van der Waals surface area contributed by atoms with Gasteiger partial charge in [0.1, 0.15) is 9.84 Å². The number of ether oxygens (including phenoxy) is 1. The molecular weight excluding hydrogens is 381 g/mol. The van der Waals surface area contributed by atoms with Crippen LogP contribution in [0.25, 0.3) is 0 Å². The summed E-state index contributed by atoms with van der Waals surface area (Å²) in [7, 11) is -2.94. The zero-order valence-electron chi connectivity index (χ0n) is 11.9. The van der Waals surface area contributed by atoms with E-state index in [-0.39, 0.29) is 36.3 Å². The molecule has 0 unspecified atom stereocenters. The Hall–Kier alpha value is -0.0900. The van der Waals surface area contributed by atoms with Crippen LogP contribution >= 0.6 is 24.0 Å². The van der Waals surface area contributed by atoms with Gasteiger partial charge in [-0.05, 0) is 12.3 Å². The van der Waals surface area contributed by atoms with Crippen molar-refractivity contribution in [2.45, 2.75) is 20.3 Å². The number of aliphatic imine (C=N–C) groups is 1. The van der Waals surface area contributed by atoms with E-state index in [1.807, 2.05) is 0 Å². The van der Waals surface area contributed by atoms with Crippen LogP contribution in [0, 0.1) is 5.92 Å². The highest BCUT2D eigenvalue weighted by atomic mass is 127. The highest BCUT2D eigenvalue weighted by molar-refractivity contribution is 14.0. The molecule has 0 fully saturated rings. The van der Waals surface area contributed by atoms with E-state index in [1.165, 1.54) is 6.26 Å². The van der Waals surface area contributed by atoms with Crippen molar-refractivity contribution in [3.05, 3.63) is 0 Å². The van der Waals surface area contributed by atoms with Gasteiger partial charge in [0, 0.05) is 19.3 Å². The van der Waals surface area contributed by atoms with Crippen molar-refractivity contribution in [1.82, 2.24) is 5.32 Å². The maximum atomic E-state index is 10.8. The maximum Gasteiger partial charge on any atom is 0.188 e. The fraction of sp³-hybridized carbons (Fsp3) is 0.909. The van der Waals surface area contributed by atoms with Crippen molar-refractivity contribution < 1.29 is 13.2 Å². The molecule has 0 aliphatic rings. The molecule has 0 bridgehead atoms. The van der Waals surface area contributed by atoms with Crippen LogP contribution < -0.4 is 11.1 Å². The molecule has 0 heterocycles. The highest BCUT2D eigenvalue weighted by Crippen LogP contribution is 1.97. The van der Waals surface area contributed by atoms with Crippen LogP contribution in [0.5, 0.6) is 0 Å². The number of hydrogen-bond acceptors (Lipinski definition) is 4. The summed E-state index contributed by atoms with van der Waals surface area (Å²) in [6.45, 7) is 6.14. The second-order valence-corrected chi connectivity index (χ2v) is 6.88. The summed E-state index contributed by atoms with van der Waals surface area (Å²) >= 11 is 0. The van der Waals surface area contributed by atoms with Gasteiger partial charge in [0.15, 0.2) is 5.96 Å². The molecule has 6 nitrogen and oxygen atoms in total. The van der Waals surface area contributed by atoms with Crippen LogP contribution in [-0.2, 0) is 14.6 Å². The fourth-order valence-electron chi connectivity index (χ4n) is 1.06. The molecule has 3 N–H and O–H groups in total. The maximum absolute atomic E-state index is 10.8. The molecule has 116 valence electrons. The van der Waals surface area contributed by atoms with Crippen LogP contribution in [0.4, 0.5) is 0 Å². The second-order valence-electron chi connectivity index (χ2n) is 4.62. The predicted molar refractivity (Wildman–Crippen MR) is 89.9 cm³/mol. The van der Waals surface area contributed by atoms with Gasteiger partial charge in [-0.25, -0.2) is 8.42 Å². The van der Waals surface area contributed by atoms with Gasteiger partial charge in [-0.1, -0.05) is 13.8 Å². The van der Waals surface area contributed by atoms with E-state index in [2.05, 4.69) is 24.2 Å². The average Bonchev–Trinajstić information content (AvgIpc) is 2.21. The molecule has 0 saturated heterocycles. The number of guanidine groups is 1. The first-order valence-electron chi connectivity index (χ1n) is 6.10.